The zero-order chi connectivity index (χ0) is 35.8. The molecule has 0 saturated heterocycles. The minimum absolute atomic E-state index is 0.0496. The molecule has 0 saturated carbocycles. The zero-order valence-electron chi connectivity index (χ0n) is 30.8. The summed E-state index contributed by atoms with van der Waals surface area (Å²) in [6, 6.07) is 21.9. The number of aliphatic hydroxyl groups is 1. The highest BCUT2D eigenvalue weighted by Gasteiger charge is 2.49. The summed E-state index contributed by atoms with van der Waals surface area (Å²) in [6.45, 7) is 8.60. The van der Waals surface area contributed by atoms with Gasteiger partial charge in [0.1, 0.15) is 6.54 Å². The molecule has 0 spiro atoms. The molecule has 2 atom stereocenters. The molecular formula is C40H59N4O3S2+. The lowest BCUT2D eigenvalue weighted by Crippen LogP contribution is -2.43. The highest BCUT2D eigenvalue weighted by Crippen LogP contribution is 2.50. The van der Waals surface area contributed by atoms with E-state index in [1.807, 2.05) is 55.4 Å². The number of fused-ring (bicyclic) bond motifs is 1. The first-order chi connectivity index (χ1) is 23.2. The van der Waals surface area contributed by atoms with Crippen molar-refractivity contribution >= 4 is 44.2 Å². The third kappa shape index (κ3) is 9.84. The van der Waals surface area contributed by atoms with E-state index in [0.717, 1.165) is 65.9 Å². The summed E-state index contributed by atoms with van der Waals surface area (Å²) in [5.74, 6) is -0.580. The van der Waals surface area contributed by atoms with E-state index < -0.39 is 27.3 Å². The van der Waals surface area contributed by atoms with Crippen molar-refractivity contribution in [1.82, 2.24) is 0 Å². The Kier molecular flexibility index (Phi) is 13.3. The predicted molar refractivity (Wildman–Crippen MR) is 210 cm³/mol. The third-order valence-electron chi connectivity index (χ3n) is 10.1. The van der Waals surface area contributed by atoms with Gasteiger partial charge in [0.2, 0.25) is 0 Å². The second kappa shape index (κ2) is 16.8. The molecule has 0 radical (unpaired) electrons. The van der Waals surface area contributed by atoms with Crippen LogP contribution < -0.4 is 15.5 Å². The van der Waals surface area contributed by atoms with Crippen LogP contribution >= 0.6 is 12.2 Å². The number of nitrogens with zero attached hydrogens (tertiary/aromatic N) is 2. The molecular weight excluding hydrogens is 649 g/mol. The first-order valence-corrected chi connectivity index (χ1v) is 20.1. The van der Waals surface area contributed by atoms with Crippen molar-refractivity contribution in [3.05, 3.63) is 83.4 Å². The number of hydrogen-bond donors (Lipinski definition) is 3. The molecule has 4 rings (SSSR count). The number of thiocarbonyl (C=S) groups is 1. The fourth-order valence-electron chi connectivity index (χ4n) is 7.35. The molecule has 0 aliphatic carbocycles. The summed E-state index contributed by atoms with van der Waals surface area (Å²) in [4.78, 5) is 2.30. The van der Waals surface area contributed by atoms with Crippen molar-refractivity contribution in [3.63, 3.8) is 0 Å². The number of nitrogens with one attached hydrogen (secondary N) is 2. The molecule has 1 heterocycles. The molecule has 268 valence electrons. The van der Waals surface area contributed by atoms with Crippen molar-refractivity contribution in [2.24, 2.45) is 5.41 Å². The molecule has 0 bridgehead atoms. The summed E-state index contributed by atoms with van der Waals surface area (Å²) in [6.07, 6.45) is 6.45. The van der Waals surface area contributed by atoms with E-state index in [1.54, 1.807) is 6.07 Å². The number of hydrogen-bond acceptors (Lipinski definition) is 5. The summed E-state index contributed by atoms with van der Waals surface area (Å²) in [5.41, 5.74) is 4.62. The molecule has 1 aliphatic rings. The van der Waals surface area contributed by atoms with Crippen molar-refractivity contribution in [2.45, 2.75) is 95.6 Å². The van der Waals surface area contributed by atoms with Crippen molar-refractivity contribution in [2.75, 3.05) is 56.0 Å². The molecule has 7 nitrogen and oxygen atoms in total. The van der Waals surface area contributed by atoms with Crippen LogP contribution in [0.4, 0.5) is 17.1 Å². The van der Waals surface area contributed by atoms with Gasteiger partial charge >= 0.3 is 0 Å². The standard InChI is InChI=1S/C40H58N4O3S2/c1-8-11-23-40(24-12-9-2)29-49(46,47)36-22-21-34(43(4)5)27-35(36)37(38(40)45)31-15-14-16-33(26-31)42-39(48)41-32-19-17-30(18-20-32)28-44(6,7)25-13-10-3/h14-22,26-27,37-38,45H,8-13,23-25,28-29H2,1-7H3,(H-,41,42,48)/p+1. The Labute approximate surface area is 301 Å². The van der Waals surface area contributed by atoms with Gasteiger partial charge in [0.25, 0.3) is 0 Å². The van der Waals surface area contributed by atoms with E-state index in [9.17, 15) is 13.5 Å². The minimum Gasteiger partial charge on any atom is -0.392 e. The fraction of sp³-hybridized carbons (Fsp3) is 0.525. The minimum atomic E-state index is -3.67. The summed E-state index contributed by atoms with van der Waals surface area (Å²) in [5, 5.41) is 19.7. The molecule has 3 aromatic rings. The number of sulfone groups is 1. The molecule has 3 N–H and O–H groups in total. The SMILES string of the molecule is CCCCC1(CCCC)CS(=O)(=O)c2ccc(N(C)C)cc2C(c2cccc(NC(=S)Nc3ccc(C[N+](C)(C)CCCC)cc3)c2)C1O. The van der Waals surface area contributed by atoms with Crippen molar-refractivity contribution < 1.29 is 18.0 Å². The van der Waals surface area contributed by atoms with Gasteiger partial charge in [-0.3, -0.25) is 0 Å². The molecule has 3 aromatic carbocycles. The van der Waals surface area contributed by atoms with Crippen LogP contribution in [-0.2, 0) is 16.4 Å². The Morgan fingerprint density at radius 2 is 1.53 bits per heavy atom. The van der Waals surface area contributed by atoms with Crippen LogP contribution in [0.5, 0.6) is 0 Å². The first kappa shape index (κ1) is 38.8. The summed E-state index contributed by atoms with van der Waals surface area (Å²) < 4.78 is 29.3. The predicted octanol–water partition coefficient (Wildman–Crippen LogP) is 8.58. The Bertz CT molecular complexity index is 1650. The smallest absolute Gasteiger partial charge is 0.179 e. The van der Waals surface area contributed by atoms with Crippen LogP contribution in [0.1, 0.15) is 94.7 Å². The molecule has 1 aliphatic heterocycles. The maximum Gasteiger partial charge on any atom is 0.179 e. The van der Waals surface area contributed by atoms with Crippen LogP contribution in [0.25, 0.3) is 0 Å². The number of quaternary nitrogens is 1. The average Bonchev–Trinajstić information content (AvgIpc) is 3.12. The Morgan fingerprint density at radius 1 is 0.898 bits per heavy atom. The van der Waals surface area contributed by atoms with Gasteiger partial charge in [0.05, 0.1) is 37.4 Å². The van der Waals surface area contributed by atoms with E-state index in [2.05, 4.69) is 69.8 Å². The van der Waals surface area contributed by atoms with Gasteiger partial charge in [-0.05, 0) is 85.1 Å². The quantitative estimate of drug-likeness (QED) is 0.108. The topological polar surface area (TPSA) is 81.7 Å². The largest absolute Gasteiger partial charge is 0.392 e. The monoisotopic (exact) mass is 707 g/mol. The molecule has 2 unspecified atom stereocenters. The lowest BCUT2D eigenvalue weighted by molar-refractivity contribution is -0.903. The Hall–Kier alpha value is -2.98. The lowest BCUT2D eigenvalue weighted by atomic mass is 9.68. The van der Waals surface area contributed by atoms with Gasteiger partial charge in [0.15, 0.2) is 14.9 Å². The molecule has 0 aromatic heterocycles. The van der Waals surface area contributed by atoms with Crippen LogP contribution in [0, 0.1) is 5.41 Å². The molecule has 9 heteroatoms. The highest BCUT2D eigenvalue weighted by atomic mass is 32.2. The van der Waals surface area contributed by atoms with E-state index in [0.29, 0.717) is 28.4 Å². The highest BCUT2D eigenvalue weighted by molar-refractivity contribution is 7.91. The van der Waals surface area contributed by atoms with Crippen LogP contribution in [0.15, 0.2) is 71.6 Å². The third-order valence-corrected chi connectivity index (χ3v) is 12.3. The van der Waals surface area contributed by atoms with Crippen molar-refractivity contribution in [3.8, 4) is 0 Å². The normalized spacial score (nSPS) is 18.3. The Balaban J connectivity index is 1.66. The van der Waals surface area contributed by atoms with Crippen LogP contribution in [-0.4, -0.2) is 69.7 Å². The first-order valence-electron chi connectivity index (χ1n) is 18.0. The maximum absolute atomic E-state index is 14.2. The number of anilines is 3. The van der Waals surface area contributed by atoms with Gasteiger partial charge in [-0.1, -0.05) is 77.1 Å². The number of benzene rings is 3. The second-order valence-electron chi connectivity index (χ2n) is 14.9. The maximum atomic E-state index is 14.2. The molecule has 0 fully saturated rings. The van der Waals surface area contributed by atoms with Gasteiger partial charge in [0, 0.05) is 48.1 Å². The van der Waals surface area contributed by atoms with Gasteiger partial charge in [-0.25, -0.2) is 8.42 Å². The molecule has 49 heavy (non-hydrogen) atoms. The summed E-state index contributed by atoms with van der Waals surface area (Å²) >= 11 is 5.74. The van der Waals surface area contributed by atoms with E-state index >= 15 is 0 Å². The second-order valence-corrected chi connectivity index (χ2v) is 17.3. The number of aliphatic hydroxyl groups excluding tert-OH is 1. The van der Waals surface area contributed by atoms with E-state index in [4.69, 9.17) is 12.2 Å². The van der Waals surface area contributed by atoms with Gasteiger partial charge in [-0.15, -0.1) is 0 Å². The van der Waals surface area contributed by atoms with Crippen LogP contribution in [0.2, 0.25) is 0 Å². The van der Waals surface area contributed by atoms with Gasteiger partial charge in [-0.2, -0.15) is 0 Å². The van der Waals surface area contributed by atoms with E-state index in [1.165, 1.54) is 18.4 Å². The van der Waals surface area contributed by atoms with Gasteiger partial charge < -0.3 is 25.1 Å². The van der Waals surface area contributed by atoms with Crippen molar-refractivity contribution in [1.29, 1.82) is 0 Å². The summed E-state index contributed by atoms with van der Waals surface area (Å²) in [7, 11) is 4.78. The number of unbranched alkanes of at least 4 members (excludes halogenated alkanes) is 3. The average molecular weight is 708 g/mol. The number of rotatable bonds is 15. The Morgan fingerprint density at radius 3 is 2.14 bits per heavy atom. The zero-order valence-corrected chi connectivity index (χ0v) is 32.4. The fourth-order valence-corrected chi connectivity index (χ4v) is 9.77. The van der Waals surface area contributed by atoms with Crippen LogP contribution in [0.3, 0.4) is 0 Å². The van der Waals surface area contributed by atoms with E-state index in [-0.39, 0.29) is 5.75 Å². The molecule has 0 amide bonds. The lowest BCUT2D eigenvalue weighted by Gasteiger charge is -2.40.